The minimum absolute atomic E-state index is 0.112. The molecule has 94 valence electrons. The van der Waals surface area contributed by atoms with Crippen LogP contribution in [-0.4, -0.2) is 16.9 Å². The second-order valence-corrected chi connectivity index (χ2v) is 4.27. The molecule has 17 heavy (non-hydrogen) atoms. The number of aromatic amines is 1. The van der Waals surface area contributed by atoms with E-state index in [-0.39, 0.29) is 17.5 Å². The van der Waals surface area contributed by atoms with Crippen LogP contribution in [0.1, 0.15) is 44.1 Å². The van der Waals surface area contributed by atoms with Crippen LogP contribution in [0.4, 0.5) is 0 Å². The van der Waals surface area contributed by atoms with Crippen molar-refractivity contribution in [2.45, 2.75) is 39.7 Å². The number of aromatic nitrogens is 1. The van der Waals surface area contributed by atoms with Gasteiger partial charge in [-0.3, -0.25) is 9.59 Å². The molecule has 1 heterocycles. The van der Waals surface area contributed by atoms with Gasteiger partial charge in [-0.2, -0.15) is 0 Å². The number of hydrogen-bond acceptors (Lipinski definition) is 2. The Labute approximate surface area is 101 Å². The maximum absolute atomic E-state index is 11.9. The second-order valence-electron chi connectivity index (χ2n) is 4.27. The number of hydrogen-bond donors (Lipinski definition) is 2. The zero-order chi connectivity index (χ0) is 12.8. The van der Waals surface area contributed by atoms with Crippen LogP contribution in [-0.2, 0) is 0 Å². The van der Waals surface area contributed by atoms with Gasteiger partial charge in [-0.05, 0) is 18.9 Å². The fourth-order valence-corrected chi connectivity index (χ4v) is 1.98. The predicted molar refractivity (Wildman–Crippen MR) is 68.1 cm³/mol. The molecule has 1 amide bonds. The van der Waals surface area contributed by atoms with E-state index in [4.69, 9.17) is 0 Å². The van der Waals surface area contributed by atoms with Gasteiger partial charge in [0.2, 0.25) is 5.56 Å². The van der Waals surface area contributed by atoms with Crippen LogP contribution in [0.25, 0.3) is 0 Å². The van der Waals surface area contributed by atoms with E-state index in [1.165, 1.54) is 6.07 Å². The summed E-state index contributed by atoms with van der Waals surface area (Å²) in [5.41, 5.74) is 0.0585. The van der Waals surface area contributed by atoms with Gasteiger partial charge in [-0.15, -0.1) is 0 Å². The molecule has 0 spiro atoms. The Kier molecular flexibility index (Phi) is 4.94. The van der Waals surface area contributed by atoms with Gasteiger partial charge in [0, 0.05) is 12.1 Å². The summed E-state index contributed by atoms with van der Waals surface area (Å²) >= 11 is 0. The van der Waals surface area contributed by atoms with Crippen molar-refractivity contribution in [1.29, 1.82) is 0 Å². The first-order valence-electron chi connectivity index (χ1n) is 6.08. The highest BCUT2D eigenvalue weighted by Gasteiger charge is 2.16. The Bertz CT molecular complexity index is 421. The molecule has 1 atom stereocenters. The molecule has 0 fully saturated rings. The number of carbonyl (C=O) groups is 1. The molecule has 1 rings (SSSR count). The lowest BCUT2D eigenvalue weighted by Gasteiger charge is -2.22. The first-order chi connectivity index (χ1) is 8.08. The number of carbonyl (C=O) groups excluding carboxylic acids is 1. The Morgan fingerprint density at radius 3 is 2.53 bits per heavy atom. The van der Waals surface area contributed by atoms with E-state index < -0.39 is 0 Å². The van der Waals surface area contributed by atoms with Crippen molar-refractivity contribution in [2.24, 2.45) is 5.92 Å². The third-order valence-corrected chi connectivity index (χ3v) is 3.13. The molecule has 1 aromatic heterocycles. The van der Waals surface area contributed by atoms with Gasteiger partial charge in [-0.1, -0.05) is 32.8 Å². The number of H-pyrrole nitrogens is 1. The van der Waals surface area contributed by atoms with Crippen LogP contribution < -0.4 is 10.9 Å². The molecule has 0 aliphatic rings. The van der Waals surface area contributed by atoms with Crippen LogP contribution in [0.2, 0.25) is 0 Å². The quantitative estimate of drug-likeness (QED) is 0.820. The normalized spacial score (nSPS) is 12.5. The first-order valence-corrected chi connectivity index (χ1v) is 6.08. The Hall–Kier alpha value is -1.58. The van der Waals surface area contributed by atoms with Gasteiger partial charge >= 0.3 is 0 Å². The van der Waals surface area contributed by atoms with E-state index in [0.717, 1.165) is 12.8 Å². The highest BCUT2D eigenvalue weighted by atomic mass is 16.2. The van der Waals surface area contributed by atoms with E-state index >= 15 is 0 Å². The second kappa shape index (κ2) is 6.23. The zero-order valence-electron chi connectivity index (χ0n) is 10.6. The molecule has 4 nitrogen and oxygen atoms in total. The molecule has 0 saturated carbocycles. The van der Waals surface area contributed by atoms with Gasteiger partial charge < -0.3 is 10.3 Å². The largest absolute Gasteiger partial charge is 0.348 e. The van der Waals surface area contributed by atoms with Crippen LogP contribution >= 0.6 is 0 Å². The standard InChI is InChI=1S/C13H20N2O2/c1-4-10(5-2)9(3)14-13(17)11-7-6-8-12(16)15-11/h6-10H,4-5H2,1-3H3,(H,14,17)(H,15,16). The lowest BCUT2D eigenvalue weighted by molar-refractivity contribution is 0.0920. The first kappa shape index (κ1) is 13.5. The van der Waals surface area contributed by atoms with Gasteiger partial charge in [0.15, 0.2) is 0 Å². The molecule has 4 heteroatoms. The minimum atomic E-state index is -0.257. The van der Waals surface area contributed by atoms with Gasteiger partial charge in [0.05, 0.1) is 0 Å². The Morgan fingerprint density at radius 2 is 2.00 bits per heavy atom. The zero-order valence-corrected chi connectivity index (χ0v) is 10.6. The molecule has 0 bridgehead atoms. The van der Waals surface area contributed by atoms with Crippen LogP contribution in [0, 0.1) is 5.92 Å². The fraction of sp³-hybridized carbons (Fsp3) is 0.538. The van der Waals surface area contributed by atoms with E-state index in [1.54, 1.807) is 12.1 Å². The molecule has 0 aromatic carbocycles. The summed E-state index contributed by atoms with van der Waals surface area (Å²) in [7, 11) is 0. The summed E-state index contributed by atoms with van der Waals surface area (Å²) in [4.78, 5) is 25.5. The van der Waals surface area contributed by atoms with E-state index in [0.29, 0.717) is 11.6 Å². The molecule has 1 aromatic rings. The van der Waals surface area contributed by atoms with E-state index in [1.807, 2.05) is 6.92 Å². The Balaban J connectivity index is 2.69. The summed E-state index contributed by atoms with van der Waals surface area (Å²) in [6.45, 7) is 6.22. The summed E-state index contributed by atoms with van der Waals surface area (Å²) in [6, 6.07) is 4.69. The molecule has 1 unspecified atom stereocenters. The van der Waals surface area contributed by atoms with Crippen molar-refractivity contribution < 1.29 is 4.79 Å². The molecular weight excluding hydrogens is 216 g/mol. The van der Waals surface area contributed by atoms with Crippen molar-refractivity contribution in [3.8, 4) is 0 Å². The van der Waals surface area contributed by atoms with Crippen LogP contribution in [0.3, 0.4) is 0 Å². The molecule has 0 saturated heterocycles. The Morgan fingerprint density at radius 1 is 1.35 bits per heavy atom. The predicted octanol–water partition coefficient (Wildman–Crippen LogP) is 1.93. The summed E-state index contributed by atoms with van der Waals surface area (Å²) < 4.78 is 0. The highest BCUT2D eigenvalue weighted by molar-refractivity contribution is 5.92. The minimum Gasteiger partial charge on any atom is -0.348 e. The topological polar surface area (TPSA) is 62.0 Å². The van der Waals surface area contributed by atoms with E-state index in [9.17, 15) is 9.59 Å². The van der Waals surface area contributed by atoms with Gasteiger partial charge in [0.25, 0.3) is 5.91 Å². The third kappa shape index (κ3) is 3.73. The molecule has 0 aliphatic heterocycles. The summed E-state index contributed by atoms with van der Waals surface area (Å²) in [5, 5.41) is 2.92. The summed E-state index contributed by atoms with van der Waals surface area (Å²) in [6.07, 6.45) is 2.06. The van der Waals surface area contributed by atoms with Gasteiger partial charge in [0.1, 0.15) is 5.69 Å². The maximum atomic E-state index is 11.9. The molecule has 2 N–H and O–H groups in total. The maximum Gasteiger partial charge on any atom is 0.268 e. The molecular formula is C13H20N2O2. The smallest absolute Gasteiger partial charge is 0.268 e. The fourth-order valence-electron chi connectivity index (χ4n) is 1.98. The average molecular weight is 236 g/mol. The average Bonchev–Trinajstić information content (AvgIpc) is 2.30. The molecule has 0 aliphatic carbocycles. The van der Waals surface area contributed by atoms with Crippen LogP contribution in [0.15, 0.2) is 23.0 Å². The lowest BCUT2D eigenvalue weighted by Crippen LogP contribution is -2.38. The highest BCUT2D eigenvalue weighted by Crippen LogP contribution is 2.12. The van der Waals surface area contributed by atoms with E-state index in [2.05, 4.69) is 24.1 Å². The van der Waals surface area contributed by atoms with Gasteiger partial charge in [-0.25, -0.2) is 0 Å². The third-order valence-electron chi connectivity index (χ3n) is 3.13. The lowest BCUT2D eigenvalue weighted by atomic mass is 9.95. The van der Waals surface area contributed by atoms with Crippen molar-refractivity contribution >= 4 is 5.91 Å². The summed E-state index contributed by atoms with van der Waals surface area (Å²) in [5.74, 6) is 0.247. The van der Waals surface area contributed by atoms with Crippen molar-refractivity contribution in [2.75, 3.05) is 0 Å². The number of rotatable bonds is 5. The number of nitrogens with one attached hydrogen (secondary N) is 2. The number of amides is 1. The van der Waals surface area contributed by atoms with Crippen molar-refractivity contribution in [3.05, 3.63) is 34.2 Å². The van der Waals surface area contributed by atoms with Crippen molar-refractivity contribution in [1.82, 2.24) is 10.3 Å². The van der Waals surface area contributed by atoms with Crippen molar-refractivity contribution in [3.63, 3.8) is 0 Å². The monoisotopic (exact) mass is 236 g/mol. The molecule has 0 radical (unpaired) electrons. The number of pyridine rings is 1. The van der Waals surface area contributed by atoms with Crippen LogP contribution in [0.5, 0.6) is 0 Å². The SMILES string of the molecule is CCC(CC)C(C)NC(=O)c1cccc(=O)[nH]1.